The Labute approximate surface area is 168 Å². The quantitative estimate of drug-likeness (QED) is 0.528. The number of fused-ring (bicyclic) bond motifs is 1. The highest BCUT2D eigenvalue weighted by Crippen LogP contribution is 2.39. The predicted octanol–water partition coefficient (Wildman–Crippen LogP) is 4.43. The van der Waals surface area contributed by atoms with E-state index in [0.29, 0.717) is 28.2 Å². The first-order valence-electron chi connectivity index (χ1n) is 9.17. The summed E-state index contributed by atoms with van der Waals surface area (Å²) in [5.74, 6) is -0.158. The van der Waals surface area contributed by atoms with Crippen molar-refractivity contribution >= 4 is 28.7 Å². The summed E-state index contributed by atoms with van der Waals surface area (Å²) in [4.78, 5) is 27.9. The van der Waals surface area contributed by atoms with E-state index < -0.39 is 11.1 Å². The SMILES string of the molecule is CN(C)c1ccc([C@H]2Nc3ccccc3C(=O)N2c2ccccc2)cc1[N+](=O)[O-]. The van der Waals surface area contributed by atoms with Crippen molar-refractivity contribution in [1.82, 2.24) is 0 Å². The summed E-state index contributed by atoms with van der Waals surface area (Å²) >= 11 is 0. The summed E-state index contributed by atoms with van der Waals surface area (Å²) in [6.07, 6.45) is -0.574. The fourth-order valence-corrected chi connectivity index (χ4v) is 3.58. The Hall–Kier alpha value is -3.87. The van der Waals surface area contributed by atoms with Gasteiger partial charge in [0.15, 0.2) is 0 Å². The van der Waals surface area contributed by atoms with Gasteiger partial charge in [0, 0.05) is 37.1 Å². The van der Waals surface area contributed by atoms with Crippen LogP contribution in [0.5, 0.6) is 0 Å². The molecule has 3 aromatic carbocycles. The van der Waals surface area contributed by atoms with Crippen LogP contribution in [0, 0.1) is 10.1 Å². The third kappa shape index (κ3) is 3.27. The van der Waals surface area contributed by atoms with Crippen LogP contribution in [0.3, 0.4) is 0 Å². The number of anilines is 3. The molecule has 3 aromatic rings. The standard InChI is InChI=1S/C22H20N4O3/c1-24(2)19-13-12-15(14-20(19)26(28)29)21-23-18-11-7-6-10-17(18)22(27)25(21)16-8-4-3-5-9-16/h3-14,21,23H,1-2H3/t21-/m0/s1. The van der Waals surface area contributed by atoms with Crippen LogP contribution in [0.2, 0.25) is 0 Å². The van der Waals surface area contributed by atoms with Crippen LogP contribution >= 0.6 is 0 Å². The minimum Gasteiger partial charge on any atom is -0.372 e. The first-order chi connectivity index (χ1) is 14.0. The van der Waals surface area contributed by atoms with Gasteiger partial charge in [-0.1, -0.05) is 36.4 Å². The Morgan fingerprint density at radius 1 is 1.00 bits per heavy atom. The summed E-state index contributed by atoms with van der Waals surface area (Å²) in [5.41, 5.74) is 3.11. The van der Waals surface area contributed by atoms with E-state index >= 15 is 0 Å². The van der Waals surface area contributed by atoms with E-state index in [2.05, 4.69) is 5.32 Å². The van der Waals surface area contributed by atoms with Crippen LogP contribution in [0.1, 0.15) is 22.1 Å². The molecular formula is C22H20N4O3. The fraction of sp³-hybridized carbons (Fsp3) is 0.136. The molecule has 0 unspecified atom stereocenters. The van der Waals surface area contributed by atoms with Gasteiger partial charge >= 0.3 is 0 Å². The molecule has 1 aliphatic rings. The third-order valence-corrected chi connectivity index (χ3v) is 4.95. The molecule has 1 atom stereocenters. The lowest BCUT2D eigenvalue weighted by Crippen LogP contribution is -2.43. The van der Waals surface area contributed by atoms with Crippen molar-refractivity contribution in [2.75, 3.05) is 29.2 Å². The van der Waals surface area contributed by atoms with Gasteiger partial charge in [0.05, 0.1) is 10.5 Å². The average molecular weight is 388 g/mol. The highest BCUT2D eigenvalue weighted by atomic mass is 16.6. The number of rotatable bonds is 4. The average Bonchev–Trinajstić information content (AvgIpc) is 2.73. The van der Waals surface area contributed by atoms with Gasteiger partial charge in [-0.15, -0.1) is 0 Å². The second kappa shape index (κ2) is 7.27. The van der Waals surface area contributed by atoms with Crippen LogP contribution in [0.15, 0.2) is 72.8 Å². The Kier molecular flexibility index (Phi) is 4.64. The van der Waals surface area contributed by atoms with Gasteiger partial charge in [0.2, 0.25) is 0 Å². The van der Waals surface area contributed by atoms with Gasteiger partial charge in [-0.3, -0.25) is 19.8 Å². The maximum Gasteiger partial charge on any atom is 0.292 e. The molecule has 0 radical (unpaired) electrons. The van der Waals surface area contributed by atoms with Gasteiger partial charge in [0.25, 0.3) is 11.6 Å². The second-order valence-electron chi connectivity index (χ2n) is 7.00. The van der Waals surface area contributed by atoms with Gasteiger partial charge < -0.3 is 10.2 Å². The number of carbonyl (C=O) groups is 1. The molecule has 0 fully saturated rings. The highest BCUT2D eigenvalue weighted by molar-refractivity contribution is 6.12. The van der Waals surface area contributed by atoms with Crippen LogP contribution in [-0.4, -0.2) is 24.9 Å². The molecule has 0 saturated carbocycles. The number of hydrogen-bond acceptors (Lipinski definition) is 5. The van der Waals surface area contributed by atoms with E-state index in [1.807, 2.05) is 54.6 Å². The minimum atomic E-state index is -0.574. The van der Waals surface area contributed by atoms with Crippen LogP contribution in [0.4, 0.5) is 22.7 Å². The molecule has 0 bridgehead atoms. The number of benzene rings is 3. The number of hydrogen-bond donors (Lipinski definition) is 1. The molecule has 4 rings (SSSR count). The lowest BCUT2D eigenvalue weighted by molar-refractivity contribution is -0.384. The second-order valence-corrected chi connectivity index (χ2v) is 7.00. The summed E-state index contributed by atoms with van der Waals surface area (Å²) in [6, 6.07) is 21.6. The minimum absolute atomic E-state index is 0.00591. The Morgan fingerprint density at radius 3 is 2.38 bits per heavy atom. The molecular weight excluding hydrogens is 368 g/mol. The number of para-hydroxylation sites is 2. The predicted molar refractivity (Wildman–Crippen MR) is 113 cm³/mol. The van der Waals surface area contributed by atoms with Crippen molar-refractivity contribution in [3.05, 3.63) is 94.0 Å². The first-order valence-corrected chi connectivity index (χ1v) is 9.17. The number of nitrogens with one attached hydrogen (secondary N) is 1. The summed E-state index contributed by atoms with van der Waals surface area (Å²) in [6.45, 7) is 0. The Bertz CT molecular complexity index is 1080. The monoisotopic (exact) mass is 388 g/mol. The van der Waals surface area contributed by atoms with E-state index in [1.54, 1.807) is 36.0 Å². The number of nitro benzene ring substituents is 1. The summed E-state index contributed by atoms with van der Waals surface area (Å²) in [7, 11) is 3.52. The molecule has 0 spiro atoms. The molecule has 0 aliphatic carbocycles. The van der Waals surface area contributed by atoms with Crippen molar-refractivity contribution in [3.63, 3.8) is 0 Å². The van der Waals surface area contributed by atoms with Crippen molar-refractivity contribution in [2.24, 2.45) is 0 Å². The Balaban J connectivity index is 1.87. The molecule has 0 aromatic heterocycles. The number of nitro groups is 1. The van der Waals surface area contributed by atoms with E-state index in [9.17, 15) is 14.9 Å². The normalized spacial score (nSPS) is 15.4. The third-order valence-electron chi connectivity index (χ3n) is 4.95. The number of carbonyl (C=O) groups excluding carboxylic acids is 1. The number of amides is 1. The summed E-state index contributed by atoms with van der Waals surface area (Å²) < 4.78 is 0. The van der Waals surface area contributed by atoms with Crippen molar-refractivity contribution in [2.45, 2.75) is 6.17 Å². The first kappa shape index (κ1) is 18.5. The fourth-order valence-electron chi connectivity index (χ4n) is 3.58. The molecule has 146 valence electrons. The number of nitrogens with zero attached hydrogens (tertiary/aromatic N) is 3. The molecule has 1 aliphatic heterocycles. The van der Waals surface area contributed by atoms with Crippen LogP contribution in [0.25, 0.3) is 0 Å². The molecule has 7 nitrogen and oxygen atoms in total. The Morgan fingerprint density at radius 2 is 1.69 bits per heavy atom. The van der Waals surface area contributed by atoms with Crippen LogP contribution < -0.4 is 15.1 Å². The van der Waals surface area contributed by atoms with Crippen molar-refractivity contribution in [1.29, 1.82) is 0 Å². The zero-order valence-electron chi connectivity index (χ0n) is 16.1. The van der Waals surface area contributed by atoms with Gasteiger partial charge in [-0.05, 0) is 30.3 Å². The largest absolute Gasteiger partial charge is 0.372 e. The van der Waals surface area contributed by atoms with Gasteiger partial charge in [0.1, 0.15) is 11.9 Å². The lowest BCUT2D eigenvalue weighted by Gasteiger charge is -2.38. The topological polar surface area (TPSA) is 78.7 Å². The molecule has 29 heavy (non-hydrogen) atoms. The van der Waals surface area contributed by atoms with E-state index in [0.717, 1.165) is 0 Å². The van der Waals surface area contributed by atoms with Gasteiger partial charge in [-0.25, -0.2) is 0 Å². The maximum atomic E-state index is 13.3. The van der Waals surface area contributed by atoms with Crippen LogP contribution in [-0.2, 0) is 0 Å². The maximum absolute atomic E-state index is 13.3. The molecule has 1 N–H and O–H groups in total. The zero-order chi connectivity index (χ0) is 20.5. The highest BCUT2D eigenvalue weighted by Gasteiger charge is 2.35. The zero-order valence-corrected chi connectivity index (χ0v) is 16.1. The van der Waals surface area contributed by atoms with E-state index in [1.165, 1.54) is 6.07 Å². The van der Waals surface area contributed by atoms with E-state index in [-0.39, 0.29) is 11.6 Å². The van der Waals surface area contributed by atoms with Crippen molar-refractivity contribution in [3.8, 4) is 0 Å². The smallest absolute Gasteiger partial charge is 0.292 e. The lowest BCUT2D eigenvalue weighted by atomic mass is 10.0. The molecule has 7 heteroatoms. The molecule has 0 saturated heterocycles. The molecule has 1 heterocycles. The summed E-state index contributed by atoms with van der Waals surface area (Å²) in [5, 5.41) is 15.0. The van der Waals surface area contributed by atoms with E-state index in [4.69, 9.17) is 0 Å². The van der Waals surface area contributed by atoms with Gasteiger partial charge in [-0.2, -0.15) is 0 Å². The van der Waals surface area contributed by atoms with Crippen molar-refractivity contribution < 1.29 is 9.72 Å². The molecule has 1 amide bonds.